The van der Waals surface area contributed by atoms with Crippen LogP contribution < -0.4 is 0 Å². The molecule has 76 valence electrons. The highest BCUT2D eigenvalue weighted by atomic mass is 19.1. The van der Waals surface area contributed by atoms with Crippen molar-refractivity contribution in [3.63, 3.8) is 0 Å². The zero-order valence-electron chi connectivity index (χ0n) is 8.50. The Morgan fingerprint density at radius 3 is 2.57 bits per heavy atom. The summed E-state index contributed by atoms with van der Waals surface area (Å²) in [5.41, 5.74) is 1.38. The van der Waals surface area contributed by atoms with Crippen molar-refractivity contribution < 1.29 is 9.50 Å². The van der Waals surface area contributed by atoms with E-state index < -0.39 is 0 Å². The minimum atomic E-state index is -0.251. The van der Waals surface area contributed by atoms with Gasteiger partial charge in [-0.25, -0.2) is 4.39 Å². The number of benzene rings is 1. The first-order chi connectivity index (χ1) is 6.65. The van der Waals surface area contributed by atoms with Gasteiger partial charge in [0.05, 0.1) is 6.61 Å². The fourth-order valence-corrected chi connectivity index (χ4v) is 1.19. The Morgan fingerprint density at radius 2 is 2.07 bits per heavy atom. The third-order valence-corrected chi connectivity index (χ3v) is 2.17. The molecule has 1 nitrogen and oxygen atoms in total. The molecule has 0 saturated carbocycles. The third kappa shape index (κ3) is 2.67. The van der Waals surface area contributed by atoms with Crippen LogP contribution in [0.1, 0.15) is 19.4 Å². The van der Waals surface area contributed by atoms with E-state index in [-0.39, 0.29) is 18.3 Å². The first-order valence-electron chi connectivity index (χ1n) is 4.71. The molecular formula is C12H15FO. The summed E-state index contributed by atoms with van der Waals surface area (Å²) in [5.74, 6) is -0.0151. The van der Waals surface area contributed by atoms with E-state index in [9.17, 15) is 4.39 Å². The summed E-state index contributed by atoms with van der Waals surface area (Å²) in [7, 11) is 0. The molecule has 1 aromatic carbocycles. The van der Waals surface area contributed by atoms with Gasteiger partial charge in [0, 0.05) is 5.56 Å². The predicted octanol–water partition coefficient (Wildman–Crippen LogP) is 2.86. The second-order valence-corrected chi connectivity index (χ2v) is 3.55. The zero-order chi connectivity index (χ0) is 10.6. The minimum Gasteiger partial charge on any atom is -0.392 e. The van der Waals surface area contributed by atoms with Crippen LogP contribution in [0.4, 0.5) is 4.39 Å². The molecule has 1 rings (SSSR count). The van der Waals surface area contributed by atoms with E-state index in [1.165, 1.54) is 6.07 Å². The fourth-order valence-electron chi connectivity index (χ4n) is 1.19. The Morgan fingerprint density at radius 1 is 1.43 bits per heavy atom. The van der Waals surface area contributed by atoms with E-state index in [1.54, 1.807) is 24.3 Å². The molecule has 0 heterocycles. The molecule has 0 unspecified atom stereocenters. The molecule has 0 spiro atoms. The zero-order valence-corrected chi connectivity index (χ0v) is 8.50. The summed E-state index contributed by atoms with van der Waals surface area (Å²) < 4.78 is 13.2. The second-order valence-electron chi connectivity index (χ2n) is 3.55. The van der Waals surface area contributed by atoms with Gasteiger partial charge in [-0.3, -0.25) is 0 Å². The Bertz CT molecular complexity index is 329. The Labute approximate surface area is 83.9 Å². The number of rotatable bonds is 3. The Balaban J connectivity index is 3.00. The highest BCUT2D eigenvalue weighted by Crippen LogP contribution is 2.16. The number of hydrogen-bond acceptors (Lipinski definition) is 1. The van der Waals surface area contributed by atoms with Gasteiger partial charge in [-0.05, 0) is 17.6 Å². The summed E-state index contributed by atoms with van der Waals surface area (Å²) in [4.78, 5) is 0. The van der Waals surface area contributed by atoms with Crippen molar-refractivity contribution in [3.8, 4) is 0 Å². The molecule has 0 bridgehead atoms. The molecule has 0 radical (unpaired) electrons. The van der Waals surface area contributed by atoms with Crippen molar-refractivity contribution in [1.29, 1.82) is 0 Å². The third-order valence-electron chi connectivity index (χ3n) is 2.17. The maximum absolute atomic E-state index is 13.2. The van der Waals surface area contributed by atoms with Crippen molar-refractivity contribution in [2.45, 2.75) is 13.8 Å². The monoisotopic (exact) mass is 194 g/mol. The normalized spacial score (nSPS) is 12.2. The average molecular weight is 194 g/mol. The van der Waals surface area contributed by atoms with Gasteiger partial charge in [-0.1, -0.05) is 38.1 Å². The van der Waals surface area contributed by atoms with Crippen LogP contribution in [-0.2, 0) is 0 Å². The van der Waals surface area contributed by atoms with Crippen LogP contribution in [-0.4, -0.2) is 11.7 Å². The van der Waals surface area contributed by atoms with Gasteiger partial charge in [-0.2, -0.15) is 0 Å². The molecule has 14 heavy (non-hydrogen) atoms. The predicted molar refractivity (Wildman–Crippen MR) is 56.3 cm³/mol. The standard InChI is InChI=1S/C12H15FO/c1-9(2)11(8-14)7-10-5-3-4-6-12(10)13/h3-7,9,14H,8H2,1-2H3/b11-7+. The maximum atomic E-state index is 13.2. The fraction of sp³-hybridized carbons (Fsp3) is 0.333. The van der Waals surface area contributed by atoms with Crippen LogP contribution in [0, 0.1) is 11.7 Å². The first kappa shape index (κ1) is 10.9. The first-order valence-corrected chi connectivity index (χ1v) is 4.71. The molecule has 0 aliphatic rings. The van der Waals surface area contributed by atoms with Crippen molar-refractivity contribution in [2.24, 2.45) is 5.92 Å². The lowest BCUT2D eigenvalue weighted by Gasteiger charge is -2.08. The van der Waals surface area contributed by atoms with E-state index in [2.05, 4.69) is 0 Å². The van der Waals surface area contributed by atoms with Gasteiger partial charge in [0.1, 0.15) is 5.82 Å². The van der Waals surface area contributed by atoms with Crippen LogP contribution >= 0.6 is 0 Å². The smallest absolute Gasteiger partial charge is 0.130 e. The van der Waals surface area contributed by atoms with Gasteiger partial charge < -0.3 is 5.11 Å². The summed E-state index contributed by atoms with van der Waals surface area (Å²) >= 11 is 0. The lowest BCUT2D eigenvalue weighted by Crippen LogP contribution is -1.99. The Kier molecular flexibility index (Phi) is 3.84. The topological polar surface area (TPSA) is 20.2 Å². The van der Waals surface area contributed by atoms with Gasteiger partial charge in [0.25, 0.3) is 0 Å². The van der Waals surface area contributed by atoms with Crippen molar-refractivity contribution >= 4 is 6.08 Å². The van der Waals surface area contributed by atoms with Crippen LogP contribution in [0.2, 0.25) is 0 Å². The van der Waals surface area contributed by atoms with Crippen molar-refractivity contribution in [3.05, 3.63) is 41.2 Å². The molecular weight excluding hydrogens is 179 g/mol. The molecule has 0 aliphatic carbocycles. The maximum Gasteiger partial charge on any atom is 0.130 e. The number of halogens is 1. The Hall–Kier alpha value is -1.15. The SMILES string of the molecule is CC(C)/C(=C/c1ccccc1F)CO. The van der Waals surface area contributed by atoms with Gasteiger partial charge >= 0.3 is 0 Å². The molecule has 2 heteroatoms. The van der Waals surface area contributed by atoms with Gasteiger partial charge in [0.15, 0.2) is 0 Å². The molecule has 0 saturated heterocycles. The molecule has 0 aliphatic heterocycles. The summed E-state index contributed by atoms with van der Waals surface area (Å²) in [6.07, 6.45) is 1.71. The molecule has 0 atom stereocenters. The highest BCUT2D eigenvalue weighted by molar-refractivity contribution is 5.53. The summed E-state index contributed by atoms with van der Waals surface area (Å²) in [5, 5.41) is 9.06. The lowest BCUT2D eigenvalue weighted by atomic mass is 10.0. The summed E-state index contributed by atoms with van der Waals surface area (Å²) in [6.45, 7) is 3.93. The second kappa shape index (κ2) is 4.91. The summed E-state index contributed by atoms with van der Waals surface area (Å²) in [6, 6.07) is 6.55. The van der Waals surface area contributed by atoms with Crippen LogP contribution in [0.15, 0.2) is 29.8 Å². The molecule has 1 aromatic rings. The van der Waals surface area contributed by atoms with E-state index in [0.717, 1.165) is 5.57 Å². The van der Waals surface area contributed by atoms with Gasteiger partial charge in [-0.15, -0.1) is 0 Å². The van der Waals surface area contributed by atoms with Crippen LogP contribution in [0.3, 0.4) is 0 Å². The van der Waals surface area contributed by atoms with E-state index >= 15 is 0 Å². The van der Waals surface area contributed by atoms with Crippen LogP contribution in [0.25, 0.3) is 6.08 Å². The largest absolute Gasteiger partial charge is 0.392 e. The lowest BCUT2D eigenvalue weighted by molar-refractivity contribution is 0.320. The van der Waals surface area contributed by atoms with Crippen molar-refractivity contribution in [2.75, 3.05) is 6.61 Å². The average Bonchev–Trinajstić information content (AvgIpc) is 2.16. The van der Waals surface area contributed by atoms with E-state index in [1.807, 2.05) is 13.8 Å². The molecule has 0 amide bonds. The number of aliphatic hydroxyl groups excluding tert-OH is 1. The highest BCUT2D eigenvalue weighted by Gasteiger charge is 2.03. The molecule has 0 aromatic heterocycles. The quantitative estimate of drug-likeness (QED) is 0.784. The number of aliphatic hydroxyl groups is 1. The number of hydrogen-bond donors (Lipinski definition) is 1. The van der Waals surface area contributed by atoms with Crippen LogP contribution in [0.5, 0.6) is 0 Å². The van der Waals surface area contributed by atoms with Crippen molar-refractivity contribution in [1.82, 2.24) is 0 Å². The van der Waals surface area contributed by atoms with E-state index in [4.69, 9.17) is 5.11 Å². The minimum absolute atomic E-state index is 0.0218. The molecule has 0 fully saturated rings. The van der Waals surface area contributed by atoms with Gasteiger partial charge in [0.2, 0.25) is 0 Å². The van der Waals surface area contributed by atoms with E-state index in [0.29, 0.717) is 5.56 Å². The molecule has 1 N–H and O–H groups in total.